The normalized spacial score (nSPS) is 10.9. The number of hydrogen-bond acceptors (Lipinski definition) is 8. The highest BCUT2D eigenvalue weighted by atomic mass is 35.5. The fraction of sp³-hybridized carbons (Fsp3) is 0.267. The number of ether oxygens (including phenoxy) is 6. The molecule has 210 valence electrons. The van der Waals surface area contributed by atoms with Crippen LogP contribution in [0.2, 0.25) is 10.0 Å². The average molecular weight is 587 g/mol. The Hall–Kier alpha value is -3.88. The van der Waals surface area contributed by atoms with Crippen LogP contribution < -0.4 is 28.4 Å². The van der Waals surface area contributed by atoms with E-state index in [1.807, 2.05) is 13.8 Å². The summed E-state index contributed by atoms with van der Waals surface area (Å²) >= 11 is 13.8. The van der Waals surface area contributed by atoms with Gasteiger partial charge < -0.3 is 28.4 Å². The SMILES string of the molecule is COc1cc(C)c(OC)c2c(Cl)cc(-c3cc(Cl)c4c(OC)c(C)cc(OC)c4c3OC(C)=O)c(OC(C)=O)c12. The number of aryl methyl sites for hydroxylation is 2. The van der Waals surface area contributed by atoms with Crippen molar-refractivity contribution in [3.05, 3.63) is 45.4 Å². The molecule has 0 fully saturated rings. The summed E-state index contributed by atoms with van der Waals surface area (Å²) in [6.07, 6.45) is 0. The highest BCUT2D eigenvalue weighted by Crippen LogP contribution is 2.54. The molecule has 0 aromatic heterocycles. The zero-order valence-corrected chi connectivity index (χ0v) is 24.8. The van der Waals surface area contributed by atoms with Gasteiger partial charge in [0.2, 0.25) is 0 Å². The van der Waals surface area contributed by atoms with Crippen molar-refractivity contribution in [2.45, 2.75) is 27.7 Å². The molecule has 4 rings (SSSR count). The molecular weight excluding hydrogens is 559 g/mol. The largest absolute Gasteiger partial charge is 0.496 e. The Kier molecular flexibility index (Phi) is 8.23. The molecule has 0 bridgehead atoms. The lowest BCUT2D eigenvalue weighted by Gasteiger charge is -2.22. The number of carbonyl (C=O) groups excluding carboxylic acids is 2. The van der Waals surface area contributed by atoms with Gasteiger partial charge in [0.15, 0.2) is 11.5 Å². The number of esters is 2. The topological polar surface area (TPSA) is 89.5 Å². The molecule has 0 spiro atoms. The Morgan fingerprint density at radius 2 is 0.900 bits per heavy atom. The molecule has 0 aliphatic carbocycles. The van der Waals surface area contributed by atoms with Gasteiger partial charge in [-0.15, -0.1) is 0 Å². The molecule has 0 atom stereocenters. The maximum absolute atomic E-state index is 12.4. The fourth-order valence-corrected chi connectivity index (χ4v) is 5.57. The van der Waals surface area contributed by atoms with Crippen LogP contribution >= 0.6 is 23.2 Å². The number of methoxy groups -OCH3 is 4. The number of benzene rings is 4. The van der Waals surface area contributed by atoms with Crippen molar-refractivity contribution in [3.63, 3.8) is 0 Å². The zero-order valence-electron chi connectivity index (χ0n) is 23.3. The molecule has 0 saturated carbocycles. The maximum Gasteiger partial charge on any atom is 0.308 e. The smallest absolute Gasteiger partial charge is 0.308 e. The molecule has 0 aliphatic rings. The molecule has 4 aromatic carbocycles. The van der Waals surface area contributed by atoms with Crippen LogP contribution in [0.3, 0.4) is 0 Å². The minimum Gasteiger partial charge on any atom is -0.496 e. The van der Waals surface area contributed by atoms with Gasteiger partial charge in [-0.2, -0.15) is 0 Å². The molecule has 0 saturated heterocycles. The second-order valence-electron chi connectivity index (χ2n) is 9.02. The molecular formula is C30H28Cl2O8. The van der Waals surface area contributed by atoms with Crippen molar-refractivity contribution in [2.24, 2.45) is 0 Å². The molecule has 10 heteroatoms. The second kappa shape index (κ2) is 11.3. The lowest BCUT2D eigenvalue weighted by atomic mass is 9.93. The van der Waals surface area contributed by atoms with Crippen molar-refractivity contribution in [1.29, 1.82) is 0 Å². The quantitative estimate of drug-likeness (QED) is 0.163. The van der Waals surface area contributed by atoms with Gasteiger partial charge in [0.1, 0.15) is 23.0 Å². The number of fused-ring (bicyclic) bond motifs is 2. The van der Waals surface area contributed by atoms with E-state index in [2.05, 4.69) is 0 Å². The summed E-state index contributed by atoms with van der Waals surface area (Å²) in [5, 5.41) is 2.30. The van der Waals surface area contributed by atoms with Gasteiger partial charge in [-0.3, -0.25) is 9.59 Å². The first-order valence-electron chi connectivity index (χ1n) is 12.1. The van der Waals surface area contributed by atoms with E-state index in [4.69, 9.17) is 51.6 Å². The van der Waals surface area contributed by atoms with Crippen LogP contribution in [0.5, 0.6) is 34.5 Å². The van der Waals surface area contributed by atoms with Crippen LogP contribution in [0.4, 0.5) is 0 Å². The van der Waals surface area contributed by atoms with Gasteiger partial charge >= 0.3 is 11.9 Å². The predicted octanol–water partition coefficient (Wildman–Crippen LogP) is 7.47. The highest BCUT2D eigenvalue weighted by Gasteiger charge is 2.29. The van der Waals surface area contributed by atoms with Gasteiger partial charge in [0, 0.05) is 25.0 Å². The second-order valence-corrected chi connectivity index (χ2v) is 9.83. The van der Waals surface area contributed by atoms with Crippen molar-refractivity contribution in [1.82, 2.24) is 0 Å². The summed E-state index contributed by atoms with van der Waals surface area (Å²) in [5.74, 6) is 0.796. The Balaban J connectivity index is 2.31. The van der Waals surface area contributed by atoms with Crippen LogP contribution in [0.25, 0.3) is 32.7 Å². The van der Waals surface area contributed by atoms with Crippen molar-refractivity contribution < 1.29 is 38.0 Å². The van der Waals surface area contributed by atoms with Crippen LogP contribution in [0, 0.1) is 13.8 Å². The standard InChI is InChI=1S/C30H28Cl2O8/c1-13-9-21(35-5)25-23(27(13)37-7)19(31)11-17(29(25)39-15(3)33)18-12-20(32)24-26(30(18)40-16(4)34)22(36-6)10-14(2)28(24)38-8/h9-12H,1-8H3. The number of hydrogen-bond donors (Lipinski definition) is 0. The molecule has 0 unspecified atom stereocenters. The van der Waals surface area contributed by atoms with E-state index < -0.39 is 11.9 Å². The van der Waals surface area contributed by atoms with E-state index in [0.717, 1.165) is 11.1 Å². The zero-order chi connectivity index (χ0) is 29.5. The van der Waals surface area contributed by atoms with E-state index in [1.165, 1.54) is 42.3 Å². The third kappa shape index (κ3) is 4.82. The van der Waals surface area contributed by atoms with Gasteiger partial charge in [-0.05, 0) is 49.2 Å². The molecule has 0 aliphatic heterocycles. The summed E-state index contributed by atoms with van der Waals surface area (Å²) in [4.78, 5) is 24.9. The van der Waals surface area contributed by atoms with Crippen LogP contribution in [0.1, 0.15) is 25.0 Å². The lowest BCUT2D eigenvalue weighted by molar-refractivity contribution is -0.132. The third-order valence-electron chi connectivity index (χ3n) is 6.45. The summed E-state index contributed by atoms with van der Waals surface area (Å²) in [5.41, 5.74) is 2.16. The Labute approximate surface area is 241 Å². The van der Waals surface area contributed by atoms with E-state index >= 15 is 0 Å². The molecule has 8 nitrogen and oxygen atoms in total. The first kappa shape index (κ1) is 29.1. The summed E-state index contributed by atoms with van der Waals surface area (Å²) < 4.78 is 34.3. The van der Waals surface area contributed by atoms with Gasteiger partial charge in [-0.25, -0.2) is 0 Å². The molecule has 0 heterocycles. The average Bonchev–Trinajstić information content (AvgIpc) is 2.90. The van der Waals surface area contributed by atoms with E-state index in [-0.39, 0.29) is 21.5 Å². The van der Waals surface area contributed by atoms with Crippen LogP contribution in [-0.4, -0.2) is 40.4 Å². The summed E-state index contributed by atoms with van der Waals surface area (Å²) in [6, 6.07) is 6.72. The molecule has 0 amide bonds. The molecule has 4 aromatic rings. The van der Waals surface area contributed by atoms with Gasteiger partial charge in [0.05, 0.1) is 60.0 Å². The Bertz CT molecular complexity index is 1570. The summed E-state index contributed by atoms with van der Waals surface area (Å²) in [6.45, 7) is 6.25. The van der Waals surface area contributed by atoms with Crippen LogP contribution in [0.15, 0.2) is 24.3 Å². The number of rotatable bonds is 7. The number of carbonyl (C=O) groups is 2. The van der Waals surface area contributed by atoms with Gasteiger partial charge in [0.25, 0.3) is 0 Å². The monoisotopic (exact) mass is 586 g/mol. The minimum absolute atomic E-state index is 0.115. The Morgan fingerprint density at radius 3 is 1.18 bits per heavy atom. The first-order chi connectivity index (χ1) is 19.0. The van der Waals surface area contributed by atoms with Gasteiger partial charge in [-0.1, -0.05) is 23.2 Å². The van der Waals surface area contributed by atoms with Crippen molar-refractivity contribution >= 4 is 56.7 Å². The van der Waals surface area contributed by atoms with Crippen molar-refractivity contribution in [2.75, 3.05) is 28.4 Å². The molecule has 0 N–H and O–H groups in total. The Morgan fingerprint density at radius 1 is 0.550 bits per heavy atom. The van der Waals surface area contributed by atoms with E-state index in [9.17, 15) is 9.59 Å². The predicted molar refractivity (Wildman–Crippen MR) is 155 cm³/mol. The maximum atomic E-state index is 12.4. The van der Waals surface area contributed by atoms with Crippen molar-refractivity contribution in [3.8, 4) is 45.6 Å². The highest BCUT2D eigenvalue weighted by molar-refractivity contribution is 6.39. The fourth-order valence-electron chi connectivity index (χ4n) is 4.99. The third-order valence-corrected chi connectivity index (χ3v) is 7.05. The number of halogens is 2. The summed E-state index contributed by atoms with van der Waals surface area (Å²) in [7, 11) is 6.03. The first-order valence-corrected chi connectivity index (χ1v) is 12.9. The minimum atomic E-state index is -0.595. The lowest BCUT2D eigenvalue weighted by Crippen LogP contribution is -2.08. The van der Waals surface area contributed by atoms with E-state index in [0.29, 0.717) is 55.7 Å². The molecule has 0 radical (unpaired) electrons. The molecule has 40 heavy (non-hydrogen) atoms. The van der Waals surface area contributed by atoms with Crippen LogP contribution in [-0.2, 0) is 9.59 Å². The van der Waals surface area contributed by atoms with E-state index in [1.54, 1.807) is 24.3 Å².